The Bertz CT molecular complexity index is 905. The number of phenolic OH excluding ortho intramolecular Hbond substituents is 1. The van der Waals surface area contributed by atoms with Gasteiger partial charge in [0, 0.05) is 12.1 Å². The number of nitrogens with zero attached hydrogens (tertiary/aromatic N) is 1. The Hall–Kier alpha value is -2.94. The van der Waals surface area contributed by atoms with Crippen LogP contribution in [0.5, 0.6) is 28.7 Å². The number of hydrogen-bond acceptors (Lipinski definition) is 7. The van der Waals surface area contributed by atoms with Crippen molar-refractivity contribution in [1.82, 2.24) is 0 Å². The Morgan fingerprint density at radius 1 is 0.964 bits per heavy atom. The highest BCUT2D eigenvalue weighted by molar-refractivity contribution is 7.86. The summed E-state index contributed by atoms with van der Waals surface area (Å²) >= 11 is 0. The molecule has 1 aliphatic rings. The van der Waals surface area contributed by atoms with Crippen LogP contribution < -0.4 is 23.8 Å². The van der Waals surface area contributed by atoms with Crippen molar-refractivity contribution in [3.05, 3.63) is 35.9 Å². The SMILES string of the molecule is COc1ccc(C2N(c3cc(OC)c(OC)c(OC)c3)C(=O)CS2=O)cc1O. The van der Waals surface area contributed by atoms with Gasteiger partial charge in [0.15, 0.2) is 23.0 Å². The predicted octanol–water partition coefficient (Wildman–Crippen LogP) is 2.22. The predicted molar refractivity (Wildman–Crippen MR) is 104 cm³/mol. The molecule has 9 heteroatoms. The van der Waals surface area contributed by atoms with Gasteiger partial charge >= 0.3 is 0 Å². The highest BCUT2D eigenvalue weighted by atomic mass is 32.2. The number of carbonyl (C=O) groups excluding carboxylic acids is 1. The maximum Gasteiger partial charge on any atom is 0.241 e. The molecule has 150 valence electrons. The average molecular weight is 407 g/mol. The summed E-state index contributed by atoms with van der Waals surface area (Å²) in [6, 6.07) is 7.93. The zero-order valence-electron chi connectivity index (χ0n) is 15.9. The Morgan fingerprint density at radius 3 is 2.07 bits per heavy atom. The summed E-state index contributed by atoms with van der Waals surface area (Å²) in [5.41, 5.74) is 0.974. The third-order valence-electron chi connectivity index (χ3n) is 4.43. The first-order valence-electron chi connectivity index (χ1n) is 8.31. The molecule has 0 bridgehead atoms. The van der Waals surface area contributed by atoms with Crippen LogP contribution in [0.15, 0.2) is 30.3 Å². The van der Waals surface area contributed by atoms with Crippen LogP contribution >= 0.6 is 0 Å². The molecule has 1 saturated heterocycles. The molecule has 0 spiro atoms. The van der Waals surface area contributed by atoms with Crippen LogP contribution in [0.4, 0.5) is 5.69 Å². The summed E-state index contributed by atoms with van der Waals surface area (Å²) in [5, 5.41) is 9.34. The molecule has 2 atom stereocenters. The van der Waals surface area contributed by atoms with Crippen LogP contribution in [-0.4, -0.2) is 49.4 Å². The molecule has 1 fully saturated rings. The quantitative estimate of drug-likeness (QED) is 0.785. The number of methoxy groups -OCH3 is 4. The summed E-state index contributed by atoms with van der Waals surface area (Å²) < 4.78 is 33.8. The number of benzene rings is 2. The third kappa shape index (κ3) is 3.33. The standard InChI is InChI=1S/C19H21NO7S/c1-24-14-6-5-11(7-13(14)21)19-20(17(22)10-28(19)23)12-8-15(25-2)18(27-4)16(9-12)26-3/h5-9,19,21H,10H2,1-4H3. The fraction of sp³-hybridized carbons (Fsp3) is 0.316. The van der Waals surface area contributed by atoms with Gasteiger partial charge in [-0.25, -0.2) is 0 Å². The number of anilines is 1. The molecule has 0 aliphatic carbocycles. The van der Waals surface area contributed by atoms with Gasteiger partial charge in [0.05, 0.1) is 44.9 Å². The van der Waals surface area contributed by atoms with E-state index >= 15 is 0 Å². The van der Waals surface area contributed by atoms with E-state index in [4.69, 9.17) is 18.9 Å². The Kier molecular flexibility index (Phi) is 5.64. The number of amides is 1. The zero-order valence-corrected chi connectivity index (χ0v) is 16.7. The van der Waals surface area contributed by atoms with Gasteiger partial charge in [0.1, 0.15) is 11.1 Å². The molecular formula is C19H21NO7S. The van der Waals surface area contributed by atoms with Gasteiger partial charge in [0.2, 0.25) is 11.7 Å². The van der Waals surface area contributed by atoms with Gasteiger partial charge in [-0.1, -0.05) is 6.07 Å². The molecule has 28 heavy (non-hydrogen) atoms. The van der Waals surface area contributed by atoms with Gasteiger partial charge < -0.3 is 24.1 Å². The van der Waals surface area contributed by atoms with E-state index in [1.165, 1.54) is 39.4 Å². The molecule has 2 unspecified atom stereocenters. The van der Waals surface area contributed by atoms with Crippen molar-refractivity contribution in [1.29, 1.82) is 0 Å². The summed E-state index contributed by atoms with van der Waals surface area (Å²) in [5.74, 6) is 0.887. The van der Waals surface area contributed by atoms with E-state index in [9.17, 15) is 14.1 Å². The lowest BCUT2D eigenvalue weighted by Crippen LogP contribution is -2.28. The van der Waals surface area contributed by atoms with Crippen molar-refractivity contribution in [2.45, 2.75) is 5.37 Å². The normalized spacial score (nSPS) is 18.9. The van der Waals surface area contributed by atoms with Crippen LogP contribution in [0, 0.1) is 0 Å². The fourth-order valence-corrected chi connectivity index (χ4v) is 4.63. The molecule has 2 aromatic carbocycles. The summed E-state index contributed by atoms with van der Waals surface area (Å²) in [6.45, 7) is 0. The van der Waals surface area contributed by atoms with Crippen molar-refractivity contribution in [3.63, 3.8) is 0 Å². The van der Waals surface area contributed by atoms with Crippen molar-refractivity contribution in [3.8, 4) is 28.7 Å². The first-order valence-corrected chi connectivity index (χ1v) is 9.69. The van der Waals surface area contributed by atoms with Gasteiger partial charge in [-0.15, -0.1) is 0 Å². The first kappa shape index (κ1) is 19.8. The van der Waals surface area contributed by atoms with Crippen LogP contribution in [0.25, 0.3) is 0 Å². The van der Waals surface area contributed by atoms with Gasteiger partial charge in [-0.2, -0.15) is 0 Å². The number of carbonyl (C=O) groups is 1. The van der Waals surface area contributed by atoms with Crippen LogP contribution in [0.2, 0.25) is 0 Å². The summed E-state index contributed by atoms with van der Waals surface area (Å²) in [6.07, 6.45) is 0. The molecular weight excluding hydrogens is 386 g/mol. The molecule has 2 aromatic rings. The van der Waals surface area contributed by atoms with E-state index < -0.39 is 16.2 Å². The van der Waals surface area contributed by atoms with E-state index in [0.717, 1.165) is 0 Å². The smallest absolute Gasteiger partial charge is 0.241 e. The number of aromatic hydroxyl groups is 1. The second-order valence-corrected chi connectivity index (χ2v) is 7.45. The van der Waals surface area contributed by atoms with E-state index in [2.05, 4.69) is 0 Å². The van der Waals surface area contributed by atoms with Crippen LogP contribution in [-0.2, 0) is 15.6 Å². The summed E-state index contributed by atoms with van der Waals surface area (Å²) in [7, 11) is 4.37. The largest absolute Gasteiger partial charge is 0.504 e. The number of hydrogen-bond donors (Lipinski definition) is 1. The maximum atomic E-state index is 12.7. The Morgan fingerprint density at radius 2 is 1.57 bits per heavy atom. The molecule has 3 rings (SSSR count). The number of ether oxygens (including phenoxy) is 4. The molecule has 1 aliphatic heterocycles. The Balaban J connectivity index is 2.12. The molecule has 1 N–H and O–H groups in total. The third-order valence-corrected chi connectivity index (χ3v) is 5.95. The first-order chi connectivity index (χ1) is 13.4. The average Bonchev–Trinajstić information content (AvgIpc) is 3.00. The molecule has 0 saturated carbocycles. The highest BCUT2D eigenvalue weighted by Gasteiger charge is 2.40. The van der Waals surface area contributed by atoms with Gasteiger partial charge in [-0.3, -0.25) is 13.9 Å². The van der Waals surface area contributed by atoms with Crippen LogP contribution in [0.3, 0.4) is 0 Å². The Labute approximate surface area is 165 Å². The minimum absolute atomic E-state index is 0.0961. The summed E-state index contributed by atoms with van der Waals surface area (Å²) in [4.78, 5) is 14.1. The second-order valence-electron chi connectivity index (χ2n) is 5.96. The van der Waals surface area contributed by atoms with Gasteiger partial charge in [0.25, 0.3) is 0 Å². The number of rotatable bonds is 6. The molecule has 8 nitrogen and oxygen atoms in total. The second kappa shape index (κ2) is 7.97. The van der Waals surface area contributed by atoms with Crippen molar-refractivity contribution in [2.75, 3.05) is 39.1 Å². The lowest BCUT2D eigenvalue weighted by atomic mass is 10.1. The van der Waals surface area contributed by atoms with Crippen LogP contribution in [0.1, 0.15) is 10.9 Å². The van der Waals surface area contributed by atoms with Gasteiger partial charge in [-0.05, 0) is 17.7 Å². The lowest BCUT2D eigenvalue weighted by molar-refractivity contribution is -0.115. The fourth-order valence-electron chi connectivity index (χ4n) is 3.17. The van der Waals surface area contributed by atoms with Crippen molar-refractivity contribution in [2.24, 2.45) is 0 Å². The van der Waals surface area contributed by atoms with E-state index in [0.29, 0.717) is 28.5 Å². The topological polar surface area (TPSA) is 94.5 Å². The molecule has 0 radical (unpaired) electrons. The lowest BCUT2D eigenvalue weighted by Gasteiger charge is -2.25. The zero-order chi connectivity index (χ0) is 20.4. The van der Waals surface area contributed by atoms with E-state index in [-0.39, 0.29) is 23.2 Å². The van der Waals surface area contributed by atoms with Crippen molar-refractivity contribution < 1.29 is 33.1 Å². The monoisotopic (exact) mass is 407 g/mol. The van der Waals surface area contributed by atoms with Crippen molar-refractivity contribution >= 4 is 22.4 Å². The van der Waals surface area contributed by atoms with E-state index in [1.54, 1.807) is 24.3 Å². The highest BCUT2D eigenvalue weighted by Crippen LogP contribution is 2.45. The number of phenols is 1. The van der Waals surface area contributed by atoms with E-state index in [1.807, 2.05) is 0 Å². The molecule has 1 heterocycles. The minimum Gasteiger partial charge on any atom is -0.504 e. The maximum absolute atomic E-state index is 12.7. The molecule has 1 amide bonds. The minimum atomic E-state index is -1.50. The molecule has 0 aromatic heterocycles.